The van der Waals surface area contributed by atoms with Gasteiger partial charge in [-0.3, -0.25) is 9.63 Å². The highest BCUT2D eigenvalue weighted by molar-refractivity contribution is 6.24. The summed E-state index contributed by atoms with van der Waals surface area (Å²) in [7, 11) is 1.21. The highest BCUT2D eigenvalue weighted by Gasteiger charge is 2.51. The number of hydroxylamine groups is 1. The van der Waals surface area contributed by atoms with Crippen LogP contribution in [0.25, 0.3) is 16.5 Å². The molecule has 0 saturated heterocycles. The van der Waals surface area contributed by atoms with Crippen molar-refractivity contribution in [3.8, 4) is 0 Å². The van der Waals surface area contributed by atoms with E-state index in [2.05, 4.69) is 15.3 Å². The summed E-state index contributed by atoms with van der Waals surface area (Å²) in [6.07, 6.45) is 0. The summed E-state index contributed by atoms with van der Waals surface area (Å²) in [6.45, 7) is 0. The van der Waals surface area contributed by atoms with Gasteiger partial charge in [0.1, 0.15) is 11.4 Å². The molecular formula is C20H15FN2O5. The summed E-state index contributed by atoms with van der Waals surface area (Å²) in [6, 6.07) is 14.0. The van der Waals surface area contributed by atoms with Gasteiger partial charge < -0.3 is 14.8 Å². The molecule has 1 amide bonds. The van der Waals surface area contributed by atoms with Gasteiger partial charge in [-0.2, -0.15) is 0 Å². The molecule has 3 aromatic rings. The van der Waals surface area contributed by atoms with Crippen molar-refractivity contribution in [2.24, 2.45) is 0 Å². The molecule has 2 heterocycles. The van der Waals surface area contributed by atoms with Crippen LogP contribution in [0, 0.1) is 5.82 Å². The normalized spacial score (nSPS) is 19.2. The summed E-state index contributed by atoms with van der Waals surface area (Å²) in [5, 5.41) is 11.5. The van der Waals surface area contributed by atoms with E-state index in [1.54, 1.807) is 36.4 Å². The van der Waals surface area contributed by atoms with E-state index in [0.717, 1.165) is 0 Å². The molecule has 0 saturated carbocycles. The van der Waals surface area contributed by atoms with Crippen molar-refractivity contribution in [3.05, 3.63) is 77.2 Å². The minimum atomic E-state index is -2.24. The standard InChI is InChI=1S/C20H15FN2O5/c1-27-23-18(24)16-17(15-10-12-13(21)8-5-9-14(12)22-15)20(26,28-19(16)25)11-6-3-2-4-7-11/h2-10,22,26H,1H3,(H,23,24). The number of carbonyl (C=O) groups excluding carboxylic acids is 2. The van der Waals surface area contributed by atoms with Crippen LogP contribution in [0.15, 0.2) is 60.2 Å². The van der Waals surface area contributed by atoms with Gasteiger partial charge in [0.2, 0.25) is 0 Å². The van der Waals surface area contributed by atoms with Crippen LogP contribution in [0.1, 0.15) is 11.3 Å². The lowest BCUT2D eigenvalue weighted by atomic mass is 9.92. The van der Waals surface area contributed by atoms with Gasteiger partial charge in [0, 0.05) is 16.5 Å². The van der Waals surface area contributed by atoms with Gasteiger partial charge in [-0.15, -0.1) is 0 Å². The van der Waals surface area contributed by atoms with Gasteiger partial charge in [0.25, 0.3) is 11.7 Å². The Hall–Kier alpha value is -3.49. The second-order valence-corrected chi connectivity index (χ2v) is 6.17. The maximum absolute atomic E-state index is 14.2. The van der Waals surface area contributed by atoms with Gasteiger partial charge in [0.15, 0.2) is 0 Å². The maximum Gasteiger partial charge on any atom is 0.347 e. The fraction of sp³-hybridized carbons (Fsp3) is 0.100. The summed E-state index contributed by atoms with van der Waals surface area (Å²) < 4.78 is 19.4. The quantitative estimate of drug-likeness (QED) is 0.365. The summed E-state index contributed by atoms with van der Waals surface area (Å²) in [5.74, 6) is -4.66. The van der Waals surface area contributed by atoms with E-state index in [9.17, 15) is 19.1 Å². The van der Waals surface area contributed by atoms with E-state index in [4.69, 9.17) is 4.74 Å². The lowest BCUT2D eigenvalue weighted by Crippen LogP contribution is -2.28. The van der Waals surface area contributed by atoms with E-state index in [0.29, 0.717) is 5.52 Å². The smallest absolute Gasteiger partial charge is 0.347 e. The zero-order valence-electron chi connectivity index (χ0n) is 14.7. The Morgan fingerprint density at radius 3 is 2.64 bits per heavy atom. The van der Waals surface area contributed by atoms with Crippen molar-refractivity contribution < 1.29 is 28.7 Å². The topological polar surface area (TPSA) is 101 Å². The second-order valence-electron chi connectivity index (χ2n) is 6.17. The van der Waals surface area contributed by atoms with E-state index < -0.39 is 29.1 Å². The molecule has 28 heavy (non-hydrogen) atoms. The maximum atomic E-state index is 14.2. The largest absolute Gasteiger partial charge is 0.420 e. The van der Waals surface area contributed by atoms with E-state index in [-0.39, 0.29) is 22.2 Å². The molecule has 8 heteroatoms. The zero-order chi connectivity index (χ0) is 19.9. The zero-order valence-corrected chi connectivity index (χ0v) is 14.7. The average Bonchev–Trinajstić information content (AvgIpc) is 3.22. The molecule has 1 unspecified atom stereocenters. The molecule has 1 aliphatic heterocycles. The minimum absolute atomic E-state index is 0.131. The second kappa shape index (κ2) is 6.59. The number of ether oxygens (including phenoxy) is 1. The van der Waals surface area contributed by atoms with Crippen LogP contribution >= 0.6 is 0 Å². The van der Waals surface area contributed by atoms with Gasteiger partial charge in [-0.05, 0) is 18.2 Å². The summed E-state index contributed by atoms with van der Waals surface area (Å²) in [5.41, 5.74) is 2.31. The number of nitrogens with one attached hydrogen (secondary N) is 2. The van der Waals surface area contributed by atoms with Crippen molar-refractivity contribution in [3.63, 3.8) is 0 Å². The predicted molar refractivity (Wildman–Crippen MR) is 96.8 cm³/mol. The third kappa shape index (κ3) is 2.67. The number of cyclic esters (lactones) is 1. The van der Waals surface area contributed by atoms with E-state index >= 15 is 0 Å². The Labute approximate surface area is 158 Å². The number of aromatic amines is 1. The highest BCUT2D eigenvalue weighted by atomic mass is 19.1. The van der Waals surface area contributed by atoms with E-state index in [1.165, 1.54) is 25.3 Å². The molecule has 0 fully saturated rings. The first-order valence-corrected chi connectivity index (χ1v) is 8.32. The number of halogens is 1. The molecule has 0 bridgehead atoms. The SMILES string of the molecule is CONC(=O)C1=C(c2cc3c(F)cccc3[nH]2)C(O)(c2ccccc2)OC1=O. The molecule has 1 aromatic heterocycles. The van der Waals surface area contributed by atoms with Crippen LogP contribution in [0.4, 0.5) is 4.39 Å². The van der Waals surface area contributed by atoms with Crippen LogP contribution in [-0.2, 0) is 25.0 Å². The molecule has 0 spiro atoms. The first-order valence-electron chi connectivity index (χ1n) is 8.32. The third-order valence-electron chi connectivity index (χ3n) is 4.50. The van der Waals surface area contributed by atoms with Crippen molar-refractivity contribution in [1.82, 2.24) is 10.5 Å². The Morgan fingerprint density at radius 2 is 1.96 bits per heavy atom. The van der Waals surface area contributed by atoms with Crippen molar-refractivity contribution in [2.75, 3.05) is 7.11 Å². The number of esters is 1. The average molecular weight is 382 g/mol. The van der Waals surface area contributed by atoms with Gasteiger partial charge in [-0.1, -0.05) is 36.4 Å². The van der Waals surface area contributed by atoms with Crippen LogP contribution in [0.2, 0.25) is 0 Å². The molecule has 0 aliphatic carbocycles. The molecule has 7 nitrogen and oxygen atoms in total. The summed E-state index contributed by atoms with van der Waals surface area (Å²) in [4.78, 5) is 32.5. The number of hydrogen-bond donors (Lipinski definition) is 3. The Kier molecular flexibility index (Phi) is 4.21. The number of carbonyl (C=O) groups is 2. The van der Waals surface area contributed by atoms with Gasteiger partial charge in [0.05, 0.1) is 18.4 Å². The lowest BCUT2D eigenvalue weighted by molar-refractivity contribution is -0.179. The monoisotopic (exact) mass is 382 g/mol. The number of fused-ring (bicyclic) bond motifs is 1. The molecule has 3 N–H and O–H groups in total. The van der Waals surface area contributed by atoms with Crippen molar-refractivity contribution >= 4 is 28.4 Å². The minimum Gasteiger partial charge on any atom is -0.420 e. The van der Waals surface area contributed by atoms with Gasteiger partial charge >= 0.3 is 5.97 Å². The number of hydrogen-bond acceptors (Lipinski definition) is 5. The van der Waals surface area contributed by atoms with Crippen LogP contribution in [0.3, 0.4) is 0 Å². The predicted octanol–water partition coefficient (Wildman–Crippen LogP) is 2.14. The Balaban J connectivity index is 2.00. The highest BCUT2D eigenvalue weighted by Crippen LogP contribution is 2.45. The first-order chi connectivity index (χ1) is 13.5. The van der Waals surface area contributed by atoms with Crippen LogP contribution < -0.4 is 5.48 Å². The number of benzene rings is 2. The van der Waals surface area contributed by atoms with Crippen molar-refractivity contribution in [1.29, 1.82) is 0 Å². The number of amides is 1. The molecule has 2 aromatic carbocycles. The number of aliphatic hydroxyl groups is 1. The number of aromatic nitrogens is 1. The first kappa shape index (κ1) is 17.9. The molecule has 1 aliphatic rings. The Morgan fingerprint density at radius 1 is 1.21 bits per heavy atom. The molecule has 1 atom stereocenters. The molecule has 4 rings (SSSR count). The van der Waals surface area contributed by atoms with Crippen LogP contribution in [0.5, 0.6) is 0 Å². The molecule has 0 radical (unpaired) electrons. The Bertz CT molecular complexity index is 1120. The fourth-order valence-corrected chi connectivity index (χ4v) is 3.30. The molecule has 142 valence electrons. The van der Waals surface area contributed by atoms with Crippen LogP contribution in [-0.4, -0.2) is 29.1 Å². The summed E-state index contributed by atoms with van der Waals surface area (Å²) >= 11 is 0. The lowest BCUT2D eigenvalue weighted by Gasteiger charge is -2.24. The third-order valence-corrected chi connectivity index (χ3v) is 4.50. The van der Waals surface area contributed by atoms with E-state index in [1.807, 2.05) is 0 Å². The fourth-order valence-electron chi connectivity index (χ4n) is 3.30. The number of H-pyrrole nitrogens is 1. The van der Waals surface area contributed by atoms with Crippen molar-refractivity contribution in [2.45, 2.75) is 5.79 Å². The number of rotatable bonds is 4. The van der Waals surface area contributed by atoms with Gasteiger partial charge in [-0.25, -0.2) is 14.7 Å². The molecular weight excluding hydrogens is 367 g/mol.